The number of thiophene rings is 1. The van der Waals surface area contributed by atoms with E-state index in [4.69, 9.17) is 11.5 Å². The standard InChI is InChI=1S/C11H18N4OS/c1-7-6-14(2)3-4-15(7)9-5-8(12)10(17-9)11(13)16/h5,7H,3-4,6,12H2,1-2H3,(H2,13,16). The van der Waals surface area contributed by atoms with E-state index < -0.39 is 5.91 Å². The van der Waals surface area contributed by atoms with Gasteiger partial charge >= 0.3 is 0 Å². The summed E-state index contributed by atoms with van der Waals surface area (Å²) in [6.45, 7) is 5.17. The van der Waals surface area contributed by atoms with Gasteiger partial charge in [0.15, 0.2) is 0 Å². The van der Waals surface area contributed by atoms with Gasteiger partial charge in [0.2, 0.25) is 0 Å². The number of primary amides is 1. The molecule has 0 aromatic carbocycles. The summed E-state index contributed by atoms with van der Waals surface area (Å²) >= 11 is 1.39. The van der Waals surface area contributed by atoms with E-state index in [0.29, 0.717) is 16.6 Å². The molecule has 1 atom stereocenters. The van der Waals surface area contributed by atoms with Crippen LogP contribution in [0.4, 0.5) is 10.7 Å². The van der Waals surface area contributed by atoms with Crippen LogP contribution in [-0.2, 0) is 0 Å². The minimum atomic E-state index is -0.444. The number of likely N-dealkylation sites (N-methyl/N-ethyl adjacent to an activating group) is 1. The lowest BCUT2D eigenvalue weighted by Crippen LogP contribution is -2.50. The minimum absolute atomic E-state index is 0.424. The number of rotatable bonds is 2. The summed E-state index contributed by atoms with van der Waals surface area (Å²) in [6, 6.07) is 2.28. The number of nitrogens with two attached hydrogens (primary N) is 2. The van der Waals surface area contributed by atoms with Crippen molar-refractivity contribution in [2.24, 2.45) is 5.73 Å². The molecule has 94 valence electrons. The van der Waals surface area contributed by atoms with Gasteiger partial charge in [-0.2, -0.15) is 0 Å². The quantitative estimate of drug-likeness (QED) is 0.809. The van der Waals surface area contributed by atoms with Crippen LogP contribution < -0.4 is 16.4 Å². The smallest absolute Gasteiger partial charge is 0.260 e. The zero-order valence-corrected chi connectivity index (χ0v) is 11.0. The van der Waals surface area contributed by atoms with E-state index in [1.165, 1.54) is 11.3 Å². The highest BCUT2D eigenvalue weighted by atomic mass is 32.1. The Kier molecular flexibility index (Phi) is 3.26. The van der Waals surface area contributed by atoms with Crippen LogP contribution in [0, 0.1) is 0 Å². The van der Waals surface area contributed by atoms with Crippen molar-refractivity contribution in [2.45, 2.75) is 13.0 Å². The summed E-state index contributed by atoms with van der Waals surface area (Å²) in [5, 5.41) is 1.04. The summed E-state index contributed by atoms with van der Waals surface area (Å²) in [4.78, 5) is 16.2. The van der Waals surface area contributed by atoms with Gasteiger partial charge in [0.25, 0.3) is 5.91 Å². The van der Waals surface area contributed by atoms with Gasteiger partial charge in [-0.15, -0.1) is 11.3 Å². The molecule has 1 aromatic heterocycles. The molecule has 1 fully saturated rings. The van der Waals surface area contributed by atoms with Crippen LogP contribution in [0.2, 0.25) is 0 Å². The fraction of sp³-hybridized carbons (Fsp3) is 0.545. The molecular weight excluding hydrogens is 236 g/mol. The lowest BCUT2D eigenvalue weighted by molar-refractivity contribution is 0.100. The van der Waals surface area contributed by atoms with Gasteiger partial charge in [0.1, 0.15) is 4.88 Å². The fourth-order valence-corrected chi connectivity index (χ4v) is 3.25. The van der Waals surface area contributed by atoms with Crippen molar-refractivity contribution in [2.75, 3.05) is 37.3 Å². The first-order valence-corrected chi connectivity index (χ1v) is 6.45. The number of carbonyl (C=O) groups excluding carboxylic acids is 1. The Morgan fingerprint density at radius 3 is 2.76 bits per heavy atom. The summed E-state index contributed by atoms with van der Waals surface area (Å²) in [5.74, 6) is -0.444. The van der Waals surface area contributed by atoms with Gasteiger partial charge in [-0.25, -0.2) is 0 Å². The number of hydrogen-bond acceptors (Lipinski definition) is 5. The molecule has 6 heteroatoms. The molecule has 0 aliphatic carbocycles. The highest BCUT2D eigenvalue weighted by Crippen LogP contribution is 2.33. The molecule has 1 amide bonds. The first kappa shape index (κ1) is 12.2. The molecule has 2 heterocycles. The second kappa shape index (κ2) is 4.54. The molecular formula is C11H18N4OS. The monoisotopic (exact) mass is 254 g/mol. The largest absolute Gasteiger partial charge is 0.397 e. The molecule has 1 unspecified atom stereocenters. The van der Waals surface area contributed by atoms with Crippen LogP contribution in [0.25, 0.3) is 0 Å². The number of amides is 1. The topological polar surface area (TPSA) is 75.6 Å². The van der Waals surface area contributed by atoms with E-state index in [9.17, 15) is 4.79 Å². The fourth-order valence-electron chi connectivity index (χ4n) is 2.19. The van der Waals surface area contributed by atoms with E-state index in [1.807, 2.05) is 6.07 Å². The van der Waals surface area contributed by atoms with Crippen LogP contribution in [-0.4, -0.2) is 43.5 Å². The summed E-state index contributed by atoms with van der Waals surface area (Å²) < 4.78 is 0. The van der Waals surface area contributed by atoms with Crippen molar-refractivity contribution < 1.29 is 4.79 Å². The first-order chi connectivity index (χ1) is 7.99. The summed E-state index contributed by atoms with van der Waals surface area (Å²) in [5.41, 5.74) is 11.6. The van der Waals surface area contributed by atoms with Gasteiger partial charge in [0.05, 0.1) is 10.7 Å². The molecule has 0 saturated carbocycles. The maximum atomic E-state index is 11.2. The Labute approximate surface area is 105 Å². The maximum absolute atomic E-state index is 11.2. The number of hydrogen-bond donors (Lipinski definition) is 2. The third-order valence-electron chi connectivity index (χ3n) is 3.09. The third kappa shape index (κ3) is 2.37. The minimum Gasteiger partial charge on any atom is -0.397 e. The Hall–Kier alpha value is -1.27. The van der Waals surface area contributed by atoms with Gasteiger partial charge in [-0.05, 0) is 20.0 Å². The van der Waals surface area contributed by atoms with E-state index in [0.717, 1.165) is 24.6 Å². The Balaban J connectivity index is 2.22. The average molecular weight is 254 g/mol. The van der Waals surface area contributed by atoms with E-state index in [1.54, 1.807) is 0 Å². The average Bonchev–Trinajstić information content (AvgIpc) is 2.60. The normalized spacial score (nSPS) is 21.8. The number of anilines is 2. The van der Waals surface area contributed by atoms with Crippen LogP contribution in [0.15, 0.2) is 6.07 Å². The van der Waals surface area contributed by atoms with Crippen LogP contribution in [0.1, 0.15) is 16.6 Å². The lowest BCUT2D eigenvalue weighted by Gasteiger charge is -2.38. The van der Waals surface area contributed by atoms with Crippen molar-refractivity contribution in [1.29, 1.82) is 0 Å². The second-order valence-corrected chi connectivity index (χ2v) is 5.57. The zero-order chi connectivity index (χ0) is 12.6. The van der Waals surface area contributed by atoms with Crippen molar-refractivity contribution in [3.05, 3.63) is 10.9 Å². The molecule has 0 spiro atoms. The van der Waals surface area contributed by atoms with Crippen molar-refractivity contribution in [3.63, 3.8) is 0 Å². The number of piperazine rings is 1. The maximum Gasteiger partial charge on any atom is 0.260 e. The molecule has 1 aliphatic heterocycles. The molecule has 5 nitrogen and oxygen atoms in total. The van der Waals surface area contributed by atoms with Crippen LogP contribution in [0.5, 0.6) is 0 Å². The van der Waals surface area contributed by atoms with E-state index >= 15 is 0 Å². The molecule has 1 aromatic rings. The number of nitrogens with zero attached hydrogens (tertiary/aromatic N) is 2. The Morgan fingerprint density at radius 2 is 2.24 bits per heavy atom. The van der Waals surface area contributed by atoms with Crippen molar-refractivity contribution >= 4 is 27.9 Å². The molecule has 0 bridgehead atoms. The first-order valence-electron chi connectivity index (χ1n) is 5.63. The summed E-state index contributed by atoms with van der Waals surface area (Å²) in [6.07, 6.45) is 0. The number of nitrogen functional groups attached to an aromatic ring is 1. The van der Waals surface area contributed by atoms with E-state index in [-0.39, 0.29) is 0 Å². The summed E-state index contributed by atoms with van der Waals surface area (Å²) in [7, 11) is 2.12. The van der Waals surface area contributed by atoms with Gasteiger partial charge < -0.3 is 21.3 Å². The molecule has 2 rings (SSSR count). The van der Waals surface area contributed by atoms with Crippen molar-refractivity contribution in [1.82, 2.24) is 4.90 Å². The predicted molar refractivity (Wildman–Crippen MR) is 71.6 cm³/mol. The van der Waals surface area contributed by atoms with Crippen molar-refractivity contribution in [3.8, 4) is 0 Å². The van der Waals surface area contributed by atoms with E-state index in [2.05, 4.69) is 23.8 Å². The third-order valence-corrected chi connectivity index (χ3v) is 4.29. The highest BCUT2D eigenvalue weighted by Gasteiger charge is 2.24. The van der Waals surface area contributed by atoms with Crippen LogP contribution >= 0.6 is 11.3 Å². The predicted octanol–water partition coefficient (Wildman–Crippen LogP) is 0.569. The molecule has 1 saturated heterocycles. The molecule has 0 radical (unpaired) electrons. The molecule has 17 heavy (non-hydrogen) atoms. The van der Waals surface area contributed by atoms with Gasteiger partial charge in [-0.1, -0.05) is 0 Å². The van der Waals surface area contributed by atoms with Crippen LogP contribution in [0.3, 0.4) is 0 Å². The SMILES string of the molecule is CC1CN(C)CCN1c1cc(N)c(C(N)=O)s1. The van der Waals surface area contributed by atoms with Gasteiger partial charge in [0, 0.05) is 25.7 Å². The number of carbonyl (C=O) groups is 1. The Bertz CT molecular complexity index is 431. The second-order valence-electron chi connectivity index (χ2n) is 4.54. The molecule has 4 N–H and O–H groups in total. The lowest BCUT2D eigenvalue weighted by atomic mass is 10.2. The highest BCUT2D eigenvalue weighted by molar-refractivity contribution is 7.18. The zero-order valence-electron chi connectivity index (χ0n) is 10.1. The van der Waals surface area contributed by atoms with Gasteiger partial charge in [-0.3, -0.25) is 4.79 Å². The Morgan fingerprint density at radius 1 is 1.53 bits per heavy atom. The molecule has 1 aliphatic rings.